The summed E-state index contributed by atoms with van der Waals surface area (Å²) in [7, 11) is 0. The molecule has 4 rings (SSSR count). The summed E-state index contributed by atoms with van der Waals surface area (Å²) < 4.78 is 35.8. The number of halogens is 3. The number of imidazole rings is 1. The Kier molecular flexibility index (Phi) is 6.18. The van der Waals surface area contributed by atoms with E-state index in [9.17, 15) is 18.0 Å². The molecule has 1 N–H and O–H groups in total. The standard InChI is InChI=1S/C15H20N6O.C2HF3O2/c22-15(7-12-1-2-12)19-4-3-14-17-8-13(21(14)6-5-19)9-20-11-16-10-18-20;3-2(4,5)1(6)7/h8,10-12H,1-7,9H2;(H,6,7). The van der Waals surface area contributed by atoms with E-state index in [2.05, 4.69) is 19.6 Å². The SMILES string of the molecule is O=C(CC1CC1)N1CCc2ncc(Cn3cncn3)n2CC1.O=C(O)C(F)(F)F. The van der Waals surface area contributed by atoms with E-state index in [0.29, 0.717) is 18.4 Å². The van der Waals surface area contributed by atoms with E-state index in [1.54, 1.807) is 11.0 Å². The second-order valence-corrected chi connectivity index (χ2v) is 6.99. The van der Waals surface area contributed by atoms with Gasteiger partial charge < -0.3 is 14.6 Å². The summed E-state index contributed by atoms with van der Waals surface area (Å²) in [6.45, 7) is 3.05. The highest BCUT2D eigenvalue weighted by Gasteiger charge is 2.38. The van der Waals surface area contributed by atoms with E-state index in [-0.39, 0.29) is 0 Å². The second kappa shape index (κ2) is 8.62. The van der Waals surface area contributed by atoms with Crippen molar-refractivity contribution in [3.05, 3.63) is 30.4 Å². The number of alkyl halides is 3. The molecule has 0 spiro atoms. The molecule has 1 saturated carbocycles. The highest BCUT2D eigenvalue weighted by Crippen LogP contribution is 2.33. The molecule has 0 saturated heterocycles. The van der Waals surface area contributed by atoms with Crippen LogP contribution in [0.3, 0.4) is 0 Å². The van der Waals surface area contributed by atoms with Gasteiger partial charge in [-0.3, -0.25) is 4.79 Å². The number of carboxylic acids is 1. The van der Waals surface area contributed by atoms with Crippen molar-refractivity contribution >= 4 is 11.9 Å². The van der Waals surface area contributed by atoms with E-state index in [4.69, 9.17) is 9.90 Å². The fourth-order valence-electron chi connectivity index (χ4n) is 3.05. The van der Waals surface area contributed by atoms with Gasteiger partial charge in [0.05, 0.1) is 18.4 Å². The summed E-state index contributed by atoms with van der Waals surface area (Å²) >= 11 is 0. The first-order valence-corrected chi connectivity index (χ1v) is 9.17. The van der Waals surface area contributed by atoms with Crippen molar-refractivity contribution in [3.8, 4) is 0 Å². The Morgan fingerprint density at radius 3 is 2.52 bits per heavy atom. The number of nitrogens with zero attached hydrogens (tertiary/aromatic N) is 6. The molecule has 3 heterocycles. The lowest BCUT2D eigenvalue weighted by molar-refractivity contribution is -0.192. The van der Waals surface area contributed by atoms with Gasteiger partial charge in [0.15, 0.2) is 0 Å². The molecule has 2 aromatic heterocycles. The highest BCUT2D eigenvalue weighted by atomic mass is 19.4. The first-order valence-electron chi connectivity index (χ1n) is 9.17. The van der Waals surface area contributed by atoms with Crippen LogP contribution < -0.4 is 0 Å². The van der Waals surface area contributed by atoms with Crippen LogP contribution in [0.5, 0.6) is 0 Å². The molecule has 1 fully saturated rings. The van der Waals surface area contributed by atoms with Gasteiger partial charge in [-0.15, -0.1) is 0 Å². The fourth-order valence-corrected chi connectivity index (χ4v) is 3.05. The first kappa shape index (κ1) is 20.8. The minimum Gasteiger partial charge on any atom is -0.475 e. The number of aromatic nitrogens is 5. The van der Waals surface area contributed by atoms with E-state index in [1.807, 2.05) is 11.1 Å². The fraction of sp³-hybridized carbons (Fsp3) is 0.588. The van der Waals surface area contributed by atoms with Crippen molar-refractivity contribution in [2.45, 2.75) is 44.9 Å². The summed E-state index contributed by atoms with van der Waals surface area (Å²) in [6, 6.07) is 0. The minimum absolute atomic E-state index is 0.311. The summed E-state index contributed by atoms with van der Waals surface area (Å²) in [5.41, 5.74) is 1.12. The third-order valence-electron chi connectivity index (χ3n) is 4.77. The van der Waals surface area contributed by atoms with Gasteiger partial charge in [-0.2, -0.15) is 18.3 Å². The monoisotopic (exact) mass is 414 g/mol. The van der Waals surface area contributed by atoms with Crippen LogP contribution in [0, 0.1) is 5.92 Å². The van der Waals surface area contributed by atoms with Gasteiger partial charge in [0.1, 0.15) is 18.5 Å². The van der Waals surface area contributed by atoms with Crippen LogP contribution in [0.4, 0.5) is 13.2 Å². The van der Waals surface area contributed by atoms with Gasteiger partial charge in [-0.1, -0.05) is 0 Å². The molecule has 12 heteroatoms. The predicted octanol–water partition coefficient (Wildman–Crippen LogP) is 1.34. The van der Waals surface area contributed by atoms with Crippen molar-refractivity contribution in [2.75, 3.05) is 13.1 Å². The summed E-state index contributed by atoms with van der Waals surface area (Å²) in [5, 5.41) is 11.3. The number of hydrogen-bond donors (Lipinski definition) is 1. The van der Waals surface area contributed by atoms with Crippen molar-refractivity contribution in [3.63, 3.8) is 0 Å². The van der Waals surface area contributed by atoms with Crippen LogP contribution >= 0.6 is 0 Å². The number of carboxylic acid groups (broad SMARTS) is 1. The molecule has 1 aliphatic heterocycles. The third kappa shape index (κ3) is 5.78. The molecule has 0 radical (unpaired) electrons. The largest absolute Gasteiger partial charge is 0.490 e. The molecule has 0 bridgehead atoms. The zero-order valence-corrected chi connectivity index (χ0v) is 15.5. The molecule has 1 amide bonds. The van der Waals surface area contributed by atoms with E-state index < -0.39 is 12.1 Å². The van der Waals surface area contributed by atoms with Gasteiger partial charge in [-0.05, 0) is 18.8 Å². The van der Waals surface area contributed by atoms with Crippen LogP contribution in [0.15, 0.2) is 18.9 Å². The molecule has 9 nitrogen and oxygen atoms in total. The number of rotatable bonds is 4. The van der Waals surface area contributed by atoms with Crippen LogP contribution in [0.25, 0.3) is 0 Å². The molecular weight excluding hydrogens is 393 g/mol. The van der Waals surface area contributed by atoms with E-state index in [0.717, 1.165) is 44.0 Å². The van der Waals surface area contributed by atoms with Crippen LogP contribution in [-0.2, 0) is 29.1 Å². The average Bonchev–Trinajstić information content (AvgIpc) is 3.24. The normalized spacial score (nSPS) is 16.4. The lowest BCUT2D eigenvalue weighted by atomic mass is 10.2. The number of amides is 1. The molecule has 0 unspecified atom stereocenters. The Balaban J connectivity index is 0.000000298. The van der Waals surface area contributed by atoms with Crippen molar-refractivity contribution < 1.29 is 27.9 Å². The maximum absolute atomic E-state index is 12.3. The predicted molar refractivity (Wildman–Crippen MR) is 92.7 cm³/mol. The highest BCUT2D eigenvalue weighted by molar-refractivity contribution is 5.76. The minimum atomic E-state index is -5.08. The third-order valence-corrected chi connectivity index (χ3v) is 4.77. The summed E-state index contributed by atoms with van der Waals surface area (Å²) in [6.07, 6.45) is 4.09. The van der Waals surface area contributed by atoms with Crippen molar-refractivity contribution in [1.29, 1.82) is 0 Å². The average molecular weight is 414 g/mol. The van der Waals surface area contributed by atoms with Gasteiger partial charge in [0.25, 0.3) is 0 Å². The molecular formula is C17H21F3N6O3. The van der Waals surface area contributed by atoms with Crippen LogP contribution in [0.1, 0.15) is 30.8 Å². The summed E-state index contributed by atoms with van der Waals surface area (Å²) in [4.78, 5) is 31.7. The molecule has 0 aromatic carbocycles. The molecule has 0 atom stereocenters. The number of fused-ring (bicyclic) bond motifs is 1. The lowest BCUT2D eigenvalue weighted by Crippen LogP contribution is -2.33. The van der Waals surface area contributed by atoms with Crippen LogP contribution in [-0.4, -0.2) is 65.5 Å². The Labute approximate surface area is 164 Å². The van der Waals surface area contributed by atoms with Gasteiger partial charge in [0.2, 0.25) is 5.91 Å². The van der Waals surface area contributed by atoms with Gasteiger partial charge in [-0.25, -0.2) is 19.4 Å². The molecule has 2 aliphatic rings. The zero-order valence-electron chi connectivity index (χ0n) is 15.5. The summed E-state index contributed by atoms with van der Waals surface area (Å²) in [5.74, 6) is -0.730. The molecule has 158 valence electrons. The molecule has 1 aliphatic carbocycles. The Morgan fingerprint density at radius 1 is 1.21 bits per heavy atom. The molecule has 29 heavy (non-hydrogen) atoms. The maximum atomic E-state index is 12.3. The topological polar surface area (TPSA) is 106 Å². The second-order valence-electron chi connectivity index (χ2n) is 6.99. The lowest BCUT2D eigenvalue weighted by Gasteiger charge is -2.20. The van der Waals surface area contributed by atoms with Crippen molar-refractivity contribution in [1.82, 2.24) is 29.2 Å². The van der Waals surface area contributed by atoms with Gasteiger partial charge in [0, 0.05) is 32.5 Å². The van der Waals surface area contributed by atoms with E-state index >= 15 is 0 Å². The number of carbonyl (C=O) groups is 2. The zero-order chi connectivity index (χ0) is 21.0. The Hall–Kier alpha value is -2.92. The number of hydrogen-bond acceptors (Lipinski definition) is 5. The molecule has 2 aromatic rings. The van der Waals surface area contributed by atoms with E-state index in [1.165, 1.54) is 19.2 Å². The number of carbonyl (C=O) groups excluding carboxylic acids is 1. The first-order chi connectivity index (χ1) is 13.7. The Bertz CT molecular complexity index is 845. The smallest absolute Gasteiger partial charge is 0.475 e. The van der Waals surface area contributed by atoms with Gasteiger partial charge >= 0.3 is 12.1 Å². The van der Waals surface area contributed by atoms with Crippen LogP contribution in [0.2, 0.25) is 0 Å². The Morgan fingerprint density at radius 2 is 1.93 bits per heavy atom. The maximum Gasteiger partial charge on any atom is 0.490 e. The quantitative estimate of drug-likeness (QED) is 0.809. The number of aliphatic carboxylic acids is 1. The van der Waals surface area contributed by atoms with Crippen molar-refractivity contribution in [2.24, 2.45) is 5.92 Å².